The van der Waals surface area contributed by atoms with Crippen molar-refractivity contribution in [2.45, 2.75) is 25.2 Å². The van der Waals surface area contributed by atoms with Gasteiger partial charge in [-0.25, -0.2) is 22.9 Å². The maximum Gasteiger partial charge on any atom is 0.421 e. The average Bonchev–Trinajstić information content (AvgIpc) is 3.22. The number of nitrogens with zero attached hydrogens (tertiary/aromatic N) is 2. The van der Waals surface area contributed by atoms with Crippen LogP contribution in [0.4, 0.5) is 4.79 Å². The molecule has 3 aromatic carbocycles. The van der Waals surface area contributed by atoms with E-state index in [0.717, 1.165) is 33.9 Å². The van der Waals surface area contributed by atoms with Crippen LogP contribution in [0.3, 0.4) is 0 Å². The van der Waals surface area contributed by atoms with Gasteiger partial charge in [-0.3, -0.25) is 0 Å². The van der Waals surface area contributed by atoms with Crippen molar-refractivity contribution in [1.82, 2.24) is 14.3 Å². The van der Waals surface area contributed by atoms with Crippen molar-refractivity contribution < 1.29 is 17.9 Å². The minimum Gasteiger partial charge on any atom is -0.448 e. The summed E-state index contributed by atoms with van der Waals surface area (Å²) >= 11 is 0. The van der Waals surface area contributed by atoms with Crippen LogP contribution in [0.1, 0.15) is 17.0 Å². The molecule has 0 aliphatic heterocycles. The summed E-state index contributed by atoms with van der Waals surface area (Å²) < 4.78 is 33.5. The van der Waals surface area contributed by atoms with Crippen LogP contribution in [0.25, 0.3) is 16.9 Å². The summed E-state index contributed by atoms with van der Waals surface area (Å²) in [4.78, 5) is 16.6. The molecule has 0 radical (unpaired) electrons. The lowest BCUT2D eigenvalue weighted by molar-refractivity contribution is 0.154. The number of carbonyl (C=O) groups is 1. The van der Waals surface area contributed by atoms with Gasteiger partial charge in [-0.2, -0.15) is 0 Å². The Morgan fingerprint density at radius 3 is 2.29 bits per heavy atom. The van der Waals surface area contributed by atoms with Crippen molar-refractivity contribution in [1.29, 1.82) is 0 Å². The molecule has 4 aromatic rings. The molecule has 0 saturated carbocycles. The SMILES string of the molecule is Cc1ccc(S(=O)(=O)NC(=O)OCCc2ccc(-n3cc(-c4ccccc4)nc3C)cc2)cc1. The lowest BCUT2D eigenvalue weighted by Crippen LogP contribution is -2.31. The Hall–Kier alpha value is -3.91. The fraction of sp³-hybridized carbons (Fsp3) is 0.154. The third-order valence-electron chi connectivity index (χ3n) is 5.34. The smallest absolute Gasteiger partial charge is 0.421 e. The van der Waals surface area contributed by atoms with Crippen molar-refractivity contribution in [2.24, 2.45) is 0 Å². The van der Waals surface area contributed by atoms with Gasteiger partial charge in [-0.05, 0) is 43.7 Å². The molecule has 0 aliphatic carbocycles. The second kappa shape index (κ2) is 9.93. The van der Waals surface area contributed by atoms with E-state index in [2.05, 4.69) is 4.98 Å². The molecule has 0 atom stereocenters. The first kappa shape index (κ1) is 23.3. The Bertz CT molecular complexity index is 1380. The average molecular weight is 476 g/mol. The molecule has 1 heterocycles. The molecule has 34 heavy (non-hydrogen) atoms. The largest absolute Gasteiger partial charge is 0.448 e. The Kier molecular flexibility index (Phi) is 6.79. The van der Waals surface area contributed by atoms with Gasteiger partial charge in [-0.15, -0.1) is 0 Å². The lowest BCUT2D eigenvalue weighted by atomic mass is 10.1. The molecule has 1 aromatic heterocycles. The van der Waals surface area contributed by atoms with E-state index in [4.69, 9.17) is 4.74 Å². The summed E-state index contributed by atoms with van der Waals surface area (Å²) in [5, 5.41) is 0. The number of rotatable bonds is 7. The Morgan fingerprint density at radius 1 is 0.941 bits per heavy atom. The molecule has 0 saturated heterocycles. The number of aryl methyl sites for hydroxylation is 2. The molecule has 7 nitrogen and oxygen atoms in total. The zero-order chi connectivity index (χ0) is 24.1. The highest BCUT2D eigenvalue weighted by Crippen LogP contribution is 2.21. The van der Waals surface area contributed by atoms with Crippen LogP contribution in [0, 0.1) is 13.8 Å². The third-order valence-corrected chi connectivity index (χ3v) is 6.67. The van der Waals surface area contributed by atoms with E-state index in [9.17, 15) is 13.2 Å². The van der Waals surface area contributed by atoms with Crippen LogP contribution in [-0.2, 0) is 21.2 Å². The number of hydrogen-bond donors (Lipinski definition) is 1. The topological polar surface area (TPSA) is 90.3 Å². The second-order valence-electron chi connectivity index (χ2n) is 7.88. The number of sulfonamides is 1. The van der Waals surface area contributed by atoms with Crippen LogP contribution in [-0.4, -0.2) is 30.7 Å². The lowest BCUT2D eigenvalue weighted by Gasteiger charge is -2.09. The van der Waals surface area contributed by atoms with Gasteiger partial charge in [0, 0.05) is 23.9 Å². The zero-order valence-electron chi connectivity index (χ0n) is 18.9. The molecule has 0 aliphatic rings. The minimum absolute atomic E-state index is 0.0101. The Balaban J connectivity index is 1.33. The molecule has 0 spiro atoms. The quantitative estimate of drug-likeness (QED) is 0.414. The molecule has 1 amide bonds. The predicted octanol–water partition coefficient (Wildman–Crippen LogP) is 4.81. The van der Waals surface area contributed by atoms with Crippen molar-refractivity contribution in [3.8, 4) is 16.9 Å². The highest BCUT2D eigenvalue weighted by Gasteiger charge is 2.18. The number of carbonyl (C=O) groups excluding carboxylic acids is 1. The molecular weight excluding hydrogens is 450 g/mol. The standard InChI is InChI=1S/C26H25N3O4S/c1-19-8-14-24(15-9-19)34(31,32)28-26(30)33-17-16-21-10-12-23(13-11-21)29-18-25(27-20(29)2)22-6-4-3-5-7-22/h3-15,18H,16-17H2,1-2H3,(H,28,30). The molecule has 1 N–H and O–H groups in total. The van der Waals surface area contributed by atoms with E-state index in [1.165, 1.54) is 12.1 Å². The third kappa shape index (κ3) is 5.52. The van der Waals surface area contributed by atoms with Gasteiger partial charge in [0.05, 0.1) is 17.2 Å². The number of ether oxygens (including phenoxy) is 1. The van der Waals surface area contributed by atoms with E-state index < -0.39 is 16.1 Å². The van der Waals surface area contributed by atoms with E-state index >= 15 is 0 Å². The zero-order valence-corrected chi connectivity index (χ0v) is 19.7. The summed E-state index contributed by atoms with van der Waals surface area (Å²) in [5.74, 6) is 0.876. The number of amides is 1. The van der Waals surface area contributed by atoms with Gasteiger partial charge in [0.25, 0.3) is 10.0 Å². The van der Waals surface area contributed by atoms with Gasteiger partial charge in [-0.1, -0.05) is 60.2 Å². The van der Waals surface area contributed by atoms with Crippen molar-refractivity contribution in [3.63, 3.8) is 0 Å². The predicted molar refractivity (Wildman–Crippen MR) is 130 cm³/mol. The van der Waals surface area contributed by atoms with Gasteiger partial charge in [0.1, 0.15) is 5.82 Å². The summed E-state index contributed by atoms with van der Waals surface area (Å²) in [5.41, 5.74) is 4.81. The van der Waals surface area contributed by atoms with Crippen LogP contribution >= 0.6 is 0 Å². The van der Waals surface area contributed by atoms with E-state index in [-0.39, 0.29) is 11.5 Å². The first-order valence-electron chi connectivity index (χ1n) is 10.8. The van der Waals surface area contributed by atoms with E-state index in [1.807, 2.05) is 83.9 Å². The van der Waals surface area contributed by atoms with Crippen LogP contribution in [0.2, 0.25) is 0 Å². The number of imidazole rings is 1. The maximum absolute atomic E-state index is 12.3. The minimum atomic E-state index is -3.96. The van der Waals surface area contributed by atoms with Gasteiger partial charge in [0.2, 0.25) is 0 Å². The number of nitrogens with one attached hydrogen (secondary N) is 1. The van der Waals surface area contributed by atoms with Gasteiger partial charge in [0.15, 0.2) is 0 Å². The summed E-state index contributed by atoms with van der Waals surface area (Å²) in [6.07, 6.45) is 1.46. The van der Waals surface area contributed by atoms with Crippen molar-refractivity contribution >= 4 is 16.1 Å². The van der Waals surface area contributed by atoms with E-state index in [0.29, 0.717) is 6.42 Å². The fourth-order valence-corrected chi connectivity index (χ4v) is 4.37. The molecule has 4 rings (SSSR count). The summed E-state index contributed by atoms with van der Waals surface area (Å²) in [6, 6.07) is 24.0. The van der Waals surface area contributed by atoms with Gasteiger partial charge < -0.3 is 9.30 Å². The maximum atomic E-state index is 12.3. The molecule has 0 bridgehead atoms. The monoisotopic (exact) mass is 475 g/mol. The second-order valence-corrected chi connectivity index (χ2v) is 9.56. The Labute approximate surface area is 199 Å². The van der Waals surface area contributed by atoms with Crippen LogP contribution in [0.5, 0.6) is 0 Å². The first-order chi connectivity index (χ1) is 16.3. The van der Waals surface area contributed by atoms with Gasteiger partial charge >= 0.3 is 6.09 Å². The molecule has 0 fully saturated rings. The highest BCUT2D eigenvalue weighted by atomic mass is 32.2. The normalized spacial score (nSPS) is 11.2. The first-order valence-corrected chi connectivity index (χ1v) is 12.3. The van der Waals surface area contributed by atoms with Crippen molar-refractivity contribution in [3.05, 3.63) is 102 Å². The van der Waals surface area contributed by atoms with Crippen LogP contribution < -0.4 is 4.72 Å². The molecule has 0 unspecified atom stereocenters. The highest BCUT2D eigenvalue weighted by molar-refractivity contribution is 7.90. The Morgan fingerprint density at radius 2 is 1.62 bits per heavy atom. The van der Waals surface area contributed by atoms with E-state index in [1.54, 1.807) is 12.1 Å². The summed E-state index contributed by atoms with van der Waals surface area (Å²) in [7, 11) is -3.96. The molecule has 174 valence electrons. The molecular formula is C26H25N3O4S. The number of hydrogen-bond acceptors (Lipinski definition) is 5. The fourth-order valence-electron chi connectivity index (χ4n) is 3.48. The number of benzene rings is 3. The molecule has 8 heteroatoms. The van der Waals surface area contributed by atoms with Crippen LogP contribution in [0.15, 0.2) is 90.0 Å². The van der Waals surface area contributed by atoms with Crippen molar-refractivity contribution in [2.75, 3.05) is 6.61 Å². The summed E-state index contributed by atoms with van der Waals surface area (Å²) in [6.45, 7) is 3.86. The number of aromatic nitrogens is 2.